The Bertz CT molecular complexity index is 426. The second kappa shape index (κ2) is 7.59. The highest BCUT2D eigenvalue weighted by Crippen LogP contribution is 2.25. The molecule has 0 aromatic rings. The maximum atomic E-state index is 12.4. The van der Waals surface area contributed by atoms with Gasteiger partial charge in [-0.3, -0.25) is 9.59 Å². The fourth-order valence-electron chi connectivity index (χ4n) is 2.08. The molecule has 22 heavy (non-hydrogen) atoms. The second-order valence-electron chi connectivity index (χ2n) is 4.78. The number of ether oxygens (including phenoxy) is 3. The summed E-state index contributed by atoms with van der Waals surface area (Å²) in [5.74, 6) is -2.79. The lowest BCUT2D eigenvalue weighted by atomic mass is 9.99. The molecule has 0 radical (unpaired) electrons. The van der Waals surface area contributed by atoms with Crippen LogP contribution >= 0.6 is 0 Å². The Kier molecular flexibility index (Phi) is 6.36. The second-order valence-corrected chi connectivity index (χ2v) is 4.78. The molecular formula is C13H18F3NO5. The molecule has 4 atom stereocenters. The van der Waals surface area contributed by atoms with Crippen molar-refractivity contribution < 1.29 is 37.0 Å². The van der Waals surface area contributed by atoms with Gasteiger partial charge in [0.2, 0.25) is 0 Å². The Morgan fingerprint density at radius 1 is 1.45 bits per heavy atom. The van der Waals surface area contributed by atoms with E-state index in [0.717, 1.165) is 6.92 Å². The monoisotopic (exact) mass is 325 g/mol. The van der Waals surface area contributed by atoms with Crippen LogP contribution in [0.1, 0.15) is 20.3 Å². The van der Waals surface area contributed by atoms with Crippen molar-refractivity contribution >= 4 is 11.9 Å². The Hall–Kier alpha value is -1.61. The minimum absolute atomic E-state index is 0.0854. The number of amides is 1. The fourth-order valence-corrected chi connectivity index (χ4v) is 2.08. The van der Waals surface area contributed by atoms with Crippen molar-refractivity contribution in [1.29, 1.82) is 0 Å². The number of rotatable bonds is 5. The van der Waals surface area contributed by atoms with Crippen LogP contribution in [-0.4, -0.2) is 49.2 Å². The fraction of sp³-hybridized carbons (Fsp3) is 0.692. The summed E-state index contributed by atoms with van der Waals surface area (Å²) in [5.41, 5.74) is 0. The minimum atomic E-state index is -5.03. The van der Waals surface area contributed by atoms with Crippen LogP contribution in [-0.2, 0) is 23.8 Å². The van der Waals surface area contributed by atoms with Crippen molar-refractivity contribution in [2.24, 2.45) is 0 Å². The lowest BCUT2D eigenvalue weighted by Crippen LogP contribution is -2.58. The quantitative estimate of drug-likeness (QED) is 0.609. The predicted molar refractivity (Wildman–Crippen MR) is 68.6 cm³/mol. The summed E-state index contributed by atoms with van der Waals surface area (Å²) in [7, 11) is 0. The van der Waals surface area contributed by atoms with Gasteiger partial charge in [0.15, 0.2) is 6.29 Å². The molecular weight excluding hydrogens is 307 g/mol. The Labute approximate surface area is 125 Å². The molecule has 0 aromatic heterocycles. The molecule has 126 valence electrons. The molecule has 0 aromatic carbocycles. The molecule has 0 bridgehead atoms. The number of nitrogens with one attached hydrogen (secondary N) is 1. The molecule has 1 amide bonds. The summed E-state index contributed by atoms with van der Waals surface area (Å²) in [5, 5.41) is 1.82. The molecule has 1 unspecified atom stereocenters. The Balaban J connectivity index is 2.83. The summed E-state index contributed by atoms with van der Waals surface area (Å²) in [6.07, 6.45) is -6.27. The molecule has 1 aliphatic heterocycles. The zero-order valence-electron chi connectivity index (χ0n) is 12.2. The summed E-state index contributed by atoms with van der Waals surface area (Å²) in [4.78, 5) is 22.2. The maximum absolute atomic E-state index is 12.4. The van der Waals surface area contributed by atoms with Crippen LogP contribution in [0.2, 0.25) is 0 Å². The van der Waals surface area contributed by atoms with E-state index >= 15 is 0 Å². The van der Waals surface area contributed by atoms with Gasteiger partial charge in [0, 0.05) is 13.3 Å². The van der Waals surface area contributed by atoms with Gasteiger partial charge in [0.05, 0.1) is 18.8 Å². The van der Waals surface area contributed by atoms with E-state index in [1.807, 2.05) is 5.32 Å². The number of hydrogen-bond donors (Lipinski definition) is 1. The zero-order chi connectivity index (χ0) is 16.9. The molecule has 6 nitrogen and oxygen atoms in total. The first-order chi connectivity index (χ1) is 10.1. The highest BCUT2D eigenvalue weighted by Gasteiger charge is 2.45. The van der Waals surface area contributed by atoms with Gasteiger partial charge in [-0.15, -0.1) is 6.58 Å². The molecule has 9 heteroatoms. The van der Waals surface area contributed by atoms with Crippen LogP contribution in [0.4, 0.5) is 13.2 Å². The van der Waals surface area contributed by atoms with E-state index in [4.69, 9.17) is 14.2 Å². The molecule has 1 rings (SSSR count). The van der Waals surface area contributed by atoms with E-state index in [1.54, 1.807) is 0 Å². The van der Waals surface area contributed by atoms with Gasteiger partial charge in [-0.05, 0) is 6.92 Å². The molecule has 1 saturated heterocycles. The first-order valence-electron chi connectivity index (χ1n) is 6.58. The summed E-state index contributed by atoms with van der Waals surface area (Å²) in [6.45, 7) is 6.22. The van der Waals surface area contributed by atoms with Gasteiger partial charge in [-0.25, -0.2) is 0 Å². The number of alkyl halides is 3. The summed E-state index contributed by atoms with van der Waals surface area (Å²) in [6, 6.07) is -1.07. The number of carbonyl (C=O) groups is 2. The average Bonchev–Trinajstić information content (AvgIpc) is 2.38. The lowest BCUT2D eigenvalue weighted by Gasteiger charge is -2.39. The minimum Gasteiger partial charge on any atom is -0.458 e. The SMILES string of the molecule is C=CCO[C@H]1CC(NC(=O)C(F)(F)F)[C@@H](OC(C)=O)[C@H](C)O1. The van der Waals surface area contributed by atoms with Gasteiger partial charge in [-0.2, -0.15) is 13.2 Å². The summed E-state index contributed by atoms with van der Waals surface area (Å²) >= 11 is 0. The van der Waals surface area contributed by atoms with Crippen LogP contribution in [0.25, 0.3) is 0 Å². The highest BCUT2D eigenvalue weighted by molar-refractivity contribution is 5.82. The van der Waals surface area contributed by atoms with Crippen molar-refractivity contribution in [1.82, 2.24) is 5.32 Å². The lowest BCUT2D eigenvalue weighted by molar-refractivity contribution is -0.230. The van der Waals surface area contributed by atoms with Gasteiger partial charge in [0.25, 0.3) is 0 Å². The van der Waals surface area contributed by atoms with Crippen LogP contribution in [0, 0.1) is 0 Å². The molecule has 0 aliphatic carbocycles. The van der Waals surface area contributed by atoms with E-state index in [1.165, 1.54) is 13.0 Å². The van der Waals surface area contributed by atoms with E-state index < -0.39 is 42.6 Å². The topological polar surface area (TPSA) is 73.9 Å². The molecule has 1 heterocycles. The van der Waals surface area contributed by atoms with Crippen molar-refractivity contribution in [3.63, 3.8) is 0 Å². The van der Waals surface area contributed by atoms with E-state index in [0.29, 0.717) is 0 Å². The predicted octanol–water partition coefficient (Wildman–Crippen LogP) is 1.30. The molecule has 1 fully saturated rings. The van der Waals surface area contributed by atoms with Crippen LogP contribution < -0.4 is 5.32 Å². The van der Waals surface area contributed by atoms with Gasteiger partial charge >= 0.3 is 18.1 Å². The van der Waals surface area contributed by atoms with Gasteiger partial charge < -0.3 is 19.5 Å². The van der Waals surface area contributed by atoms with E-state index in [-0.39, 0.29) is 13.0 Å². The smallest absolute Gasteiger partial charge is 0.458 e. The molecule has 1 N–H and O–H groups in total. The largest absolute Gasteiger partial charge is 0.471 e. The average molecular weight is 325 g/mol. The van der Waals surface area contributed by atoms with Crippen molar-refractivity contribution in [3.8, 4) is 0 Å². The van der Waals surface area contributed by atoms with Crippen molar-refractivity contribution in [2.75, 3.05) is 6.61 Å². The Morgan fingerprint density at radius 2 is 2.09 bits per heavy atom. The van der Waals surface area contributed by atoms with Crippen LogP contribution in [0.15, 0.2) is 12.7 Å². The van der Waals surface area contributed by atoms with Crippen LogP contribution in [0.5, 0.6) is 0 Å². The first kappa shape index (κ1) is 18.4. The molecule has 0 saturated carbocycles. The number of esters is 1. The number of carbonyl (C=O) groups excluding carboxylic acids is 2. The summed E-state index contributed by atoms with van der Waals surface area (Å²) < 4.78 is 52.8. The van der Waals surface area contributed by atoms with Gasteiger partial charge in [-0.1, -0.05) is 6.08 Å². The molecule has 1 aliphatic rings. The number of halogens is 3. The zero-order valence-corrected chi connectivity index (χ0v) is 12.2. The van der Waals surface area contributed by atoms with E-state index in [2.05, 4.69) is 6.58 Å². The maximum Gasteiger partial charge on any atom is 0.471 e. The third-order valence-corrected chi connectivity index (χ3v) is 2.95. The third-order valence-electron chi connectivity index (χ3n) is 2.95. The van der Waals surface area contributed by atoms with E-state index in [9.17, 15) is 22.8 Å². The molecule has 0 spiro atoms. The first-order valence-corrected chi connectivity index (χ1v) is 6.58. The standard InChI is InChI=1S/C13H18F3NO5/c1-4-5-20-10-6-9(17-12(19)13(14,15)16)11(7(2)21-10)22-8(3)18/h4,7,9-11H,1,5-6H2,2-3H3,(H,17,19)/t7-,9?,10+,11-/m0/s1. The van der Waals surface area contributed by atoms with Gasteiger partial charge in [0.1, 0.15) is 6.10 Å². The highest BCUT2D eigenvalue weighted by atomic mass is 19.4. The third kappa shape index (κ3) is 5.30. The Morgan fingerprint density at radius 3 is 2.59 bits per heavy atom. The number of hydrogen-bond acceptors (Lipinski definition) is 5. The van der Waals surface area contributed by atoms with Crippen LogP contribution in [0.3, 0.4) is 0 Å². The van der Waals surface area contributed by atoms with Crippen molar-refractivity contribution in [2.45, 2.75) is 51.0 Å². The van der Waals surface area contributed by atoms with Crippen molar-refractivity contribution in [3.05, 3.63) is 12.7 Å². The normalized spacial score (nSPS) is 28.8.